The molecule has 0 aliphatic heterocycles. The molecule has 0 saturated heterocycles. The van der Waals surface area contributed by atoms with Gasteiger partial charge in [0, 0.05) is 75.4 Å². The van der Waals surface area contributed by atoms with Gasteiger partial charge in [0.25, 0.3) is 0 Å². The van der Waals surface area contributed by atoms with E-state index in [1.54, 1.807) is 0 Å². The van der Waals surface area contributed by atoms with Crippen LogP contribution in [0.3, 0.4) is 0 Å². The van der Waals surface area contributed by atoms with Crippen LogP contribution >= 0.6 is 11.3 Å². The summed E-state index contributed by atoms with van der Waals surface area (Å²) in [7, 11) is 33.1. The van der Waals surface area contributed by atoms with Crippen molar-refractivity contribution in [2.75, 3.05) is 198 Å². The van der Waals surface area contributed by atoms with Crippen LogP contribution in [-0.4, -0.2) is 262 Å². The molecule has 1 N–H and O–H groups in total. The number of benzene rings is 8. The molecule has 1 unspecified atom stereocenters. The summed E-state index contributed by atoms with van der Waals surface area (Å²) < 4.78 is 5.35. The molecule has 132 heavy (non-hydrogen) atoms. The Morgan fingerprint density at radius 2 is 0.833 bits per heavy atom. The van der Waals surface area contributed by atoms with Crippen molar-refractivity contribution in [3.05, 3.63) is 339 Å². The van der Waals surface area contributed by atoms with Crippen LogP contribution in [0.5, 0.6) is 0 Å². The highest BCUT2D eigenvalue weighted by Gasteiger charge is 2.14. The van der Waals surface area contributed by atoms with Gasteiger partial charge in [0.05, 0.1) is 26.2 Å². The molecule has 1 aliphatic carbocycles. The number of terminal acetylenes is 1. The molecule has 15 heteroatoms. The topological polar surface area (TPSA) is 72.3 Å². The fraction of sp³-hybridized carbons (Fsp3) is 0.470. The van der Waals surface area contributed by atoms with Gasteiger partial charge in [-0.15, -0.1) is 17.8 Å². The van der Waals surface area contributed by atoms with Crippen molar-refractivity contribution in [2.45, 2.75) is 166 Å². The van der Waals surface area contributed by atoms with Gasteiger partial charge in [0.15, 0.2) is 0 Å². The van der Waals surface area contributed by atoms with E-state index in [4.69, 9.17) is 15.9 Å². The second-order valence-corrected chi connectivity index (χ2v) is 36.2. The van der Waals surface area contributed by atoms with Crippen molar-refractivity contribution in [1.82, 2.24) is 58.8 Å². The van der Waals surface area contributed by atoms with Crippen molar-refractivity contribution in [3.8, 4) is 24.2 Å². The molecule has 14 nitrogen and oxygen atoms in total. The quantitative estimate of drug-likeness (QED) is 0.0383. The summed E-state index contributed by atoms with van der Waals surface area (Å²) in [6, 6.07) is 90.6. The Bertz CT molecular complexity index is 4230. The molecule has 8 aromatic carbocycles. The molecule has 0 amide bonds. The van der Waals surface area contributed by atoms with Crippen LogP contribution in [0, 0.1) is 37.0 Å². The van der Waals surface area contributed by atoms with Crippen LogP contribution in [-0.2, 0) is 52.2 Å². The highest BCUT2D eigenvalue weighted by molar-refractivity contribution is 7.09. The van der Waals surface area contributed by atoms with E-state index < -0.39 is 0 Å². The Kier molecular flexibility index (Phi) is 77.1. The minimum Gasteiger partial charge on any atom is -0.465 e. The molecule has 1 aliphatic rings. The zero-order chi connectivity index (χ0) is 98.2. The van der Waals surface area contributed by atoms with Crippen LogP contribution < -0.4 is 0 Å². The lowest BCUT2D eigenvalue weighted by Crippen LogP contribution is -2.24. The summed E-state index contributed by atoms with van der Waals surface area (Å²) in [4.78, 5) is 28.1. The van der Waals surface area contributed by atoms with Crippen LogP contribution in [0.4, 0.5) is 0 Å². The third-order valence-corrected chi connectivity index (χ3v) is 21.7. The van der Waals surface area contributed by atoms with Gasteiger partial charge in [0.1, 0.15) is 11.5 Å². The van der Waals surface area contributed by atoms with Gasteiger partial charge in [0.2, 0.25) is 0 Å². The number of aliphatic hydroxyl groups excluding tert-OH is 1. The monoisotopic (exact) mass is 1820 g/mol. The fourth-order valence-electron chi connectivity index (χ4n) is 13.2. The maximum atomic E-state index is 8.20. The van der Waals surface area contributed by atoms with E-state index in [0.29, 0.717) is 12.6 Å². The molecule has 0 spiro atoms. The highest BCUT2D eigenvalue weighted by atomic mass is 32.1. The molecule has 10 aromatic rings. The van der Waals surface area contributed by atoms with Gasteiger partial charge >= 0.3 is 0 Å². The number of nitrogens with zero attached hydrogens (tertiary/aromatic N) is 12. The Morgan fingerprint density at radius 1 is 0.409 bits per heavy atom. The van der Waals surface area contributed by atoms with E-state index in [1.165, 1.54) is 114 Å². The Hall–Kier alpha value is -8.92. The number of aliphatic hydroxyl groups is 1. The van der Waals surface area contributed by atoms with E-state index in [0.717, 1.165) is 128 Å². The Balaban J connectivity index is 0.00000142. The average Bonchev–Trinajstić information content (AvgIpc) is 1.34. The number of hydrogen-bond acceptors (Lipinski definition) is 15. The highest BCUT2D eigenvalue weighted by Crippen LogP contribution is 2.24. The lowest BCUT2D eigenvalue weighted by molar-refractivity contribution is 0.243. The van der Waals surface area contributed by atoms with Crippen molar-refractivity contribution in [2.24, 2.45) is 5.92 Å². The summed E-state index contributed by atoms with van der Waals surface area (Å²) in [6.45, 7) is 43.3. The first-order chi connectivity index (χ1) is 63.5. The largest absolute Gasteiger partial charge is 0.465 e. The second kappa shape index (κ2) is 82.7. The molecule has 11 rings (SSSR count). The van der Waals surface area contributed by atoms with Crippen molar-refractivity contribution >= 4 is 17.4 Å². The van der Waals surface area contributed by atoms with E-state index in [-0.39, 0.29) is 6.61 Å². The predicted octanol–water partition coefficient (Wildman–Crippen LogP) is 23.7. The maximum Gasteiger partial charge on any atom is 0.118 e. The van der Waals surface area contributed by atoms with Gasteiger partial charge in [-0.1, -0.05) is 329 Å². The van der Waals surface area contributed by atoms with E-state index in [1.807, 2.05) is 131 Å². The third-order valence-electron chi connectivity index (χ3n) is 20.8. The number of hydrogen-bond donors (Lipinski definition) is 1. The summed E-state index contributed by atoms with van der Waals surface area (Å²) in [5.74, 6) is 12.0. The summed E-state index contributed by atoms with van der Waals surface area (Å²) in [5, 5.41) is 10.3. The van der Waals surface area contributed by atoms with Crippen LogP contribution in [0.1, 0.15) is 173 Å². The first kappa shape index (κ1) is 123. The lowest BCUT2D eigenvalue weighted by atomic mass is 9.89. The summed E-state index contributed by atoms with van der Waals surface area (Å²) in [6.07, 6.45) is 18.0. The zero-order valence-electron chi connectivity index (χ0n) is 87.3. The molecule has 1 atom stereocenters. The SMILES string of the molecule is C#CCN(C)Cc1ccccc1.C=Cc1ccc(CN(C)C)cc1.CC(c1ccccc1)N(C)C.CCCN(CCC)Cc1ccccc1.CCN(C)Cc1ccccc1.CCN(CC)CC#Cc1ccccc1.CCN(CC)Cc1ccccc1.CN(C)CC1CCCCC1.CN(C)CCO.CN(C)CCc1ccccc1.CN(C)Cc1cccs1.Cc1ccc(CN(C)C)o1. The molecule has 0 radical (unpaired) electrons. The molecular weight excluding hydrogens is 1640 g/mol. The molecule has 728 valence electrons. The minimum atomic E-state index is 0.257. The van der Waals surface area contributed by atoms with Gasteiger partial charge in [-0.25, -0.2) is 0 Å². The number of thiophene rings is 1. The van der Waals surface area contributed by atoms with Crippen molar-refractivity contribution < 1.29 is 9.52 Å². The number of furan rings is 1. The number of rotatable bonds is 35. The minimum absolute atomic E-state index is 0.257. The Morgan fingerprint density at radius 3 is 1.20 bits per heavy atom. The van der Waals surface area contributed by atoms with Gasteiger partial charge in [-0.3, -0.25) is 19.6 Å². The lowest BCUT2D eigenvalue weighted by Gasteiger charge is -2.24. The van der Waals surface area contributed by atoms with Crippen molar-refractivity contribution in [1.29, 1.82) is 0 Å². The van der Waals surface area contributed by atoms with E-state index >= 15 is 0 Å². The molecule has 2 heterocycles. The van der Waals surface area contributed by atoms with Crippen LogP contribution in [0.2, 0.25) is 0 Å². The number of likely N-dealkylation sites (N-methyl/N-ethyl adjacent to an activating group) is 2. The Labute approximate surface area is 813 Å². The van der Waals surface area contributed by atoms with Crippen molar-refractivity contribution in [3.63, 3.8) is 0 Å². The van der Waals surface area contributed by atoms with Gasteiger partial charge in [-0.05, 0) is 291 Å². The predicted molar refractivity (Wildman–Crippen MR) is 581 cm³/mol. The van der Waals surface area contributed by atoms with Gasteiger partial charge in [-0.2, -0.15) is 0 Å². The second-order valence-electron chi connectivity index (χ2n) is 35.1. The summed E-state index contributed by atoms with van der Waals surface area (Å²) >= 11 is 1.81. The van der Waals surface area contributed by atoms with Crippen LogP contribution in [0.15, 0.2) is 277 Å². The fourth-order valence-corrected chi connectivity index (χ4v) is 14.0. The molecule has 2 aromatic heterocycles. The number of aryl methyl sites for hydroxylation is 1. The van der Waals surface area contributed by atoms with E-state index in [9.17, 15) is 0 Å². The molecule has 0 bridgehead atoms. The standard InChI is InChI=1S/C13H17N.C13H21N.C11H15N.C11H13N.C11H17N.3C10H15N.C9H19N.C8H13NO.C7H11NS.C4H11NO/c1-3-14(4-2)12-8-11-13-9-6-5-7-10-13;1-3-10-14(11-4-2)12-13-8-6-5-7-9-13;1-4-10-5-7-11(8-6-10)9-12(2)3;1-3-9-12(2)10-11-7-5-4-6-8-11;1-3-12(4-2)10-11-8-6-5-7-9-11;1-9(11(2)3)10-7-5-4-6-8-10;1-11(2)9-8-10-6-4-3-5-7-10;1-3-11(2)9-10-7-5-4-6-8-10;1-10(2)8-9-6-4-3-5-7-9;1-7-4-5-8(10-7)6-9(2)3;1-8(2)6-7-4-3-5-9-7;1-5(2)3-4-6/h5-7,9-10H,3-4,12H2,1-2H3;5-9H,3-4,10-12H2,1-2H3;4-8H,1,9H2,2-3H3;1,4-8H,9-10H2,2H3;5-9H,3-4,10H2,1-2H3;4-9H,1-3H3;3-7H,8-9H2,1-2H3;4-8H,3,9H2,1-2H3;9H,3-8H2,1-2H3;4-5H,6H2,1-3H3;3-5H,6H2,1-2H3;6H,3-4H2,1-2H3. The molecule has 1 fully saturated rings. The normalized spacial score (nSPS) is 11.5. The van der Waals surface area contributed by atoms with E-state index in [2.05, 4.69) is 411 Å². The zero-order valence-corrected chi connectivity index (χ0v) is 88.2. The third kappa shape index (κ3) is 71.7. The van der Waals surface area contributed by atoms with Crippen LogP contribution in [0.25, 0.3) is 6.08 Å². The maximum absolute atomic E-state index is 8.20. The first-order valence-electron chi connectivity index (χ1n) is 48.2. The summed E-state index contributed by atoms with van der Waals surface area (Å²) in [5.41, 5.74) is 11.9. The molecule has 1 saturated carbocycles. The molecular formula is C117H182N12O2S. The average molecular weight is 1820 g/mol. The van der Waals surface area contributed by atoms with Gasteiger partial charge < -0.3 is 48.7 Å². The smallest absolute Gasteiger partial charge is 0.118 e. The first-order valence-corrected chi connectivity index (χ1v) is 49.1.